The van der Waals surface area contributed by atoms with Gasteiger partial charge in [-0.05, 0) is 23.6 Å². The van der Waals surface area contributed by atoms with E-state index in [2.05, 4.69) is 5.32 Å². The van der Waals surface area contributed by atoms with Crippen molar-refractivity contribution in [1.29, 1.82) is 0 Å². The molecule has 0 saturated heterocycles. The Morgan fingerprint density at radius 3 is 2.18 bits per heavy atom. The number of nitrogens with one attached hydrogen (secondary N) is 2. The number of hydrogen-bond donors (Lipinski definition) is 4. The van der Waals surface area contributed by atoms with Crippen molar-refractivity contribution in [2.75, 3.05) is 0 Å². The number of carbonyl (C=O) groups excluding carboxylic acids is 1. The topological polar surface area (TPSA) is 81.6 Å². The van der Waals surface area contributed by atoms with Gasteiger partial charge in [0, 0.05) is 6.54 Å². The van der Waals surface area contributed by atoms with Crippen molar-refractivity contribution < 1.29 is 15.1 Å². The molecular formula is C17H20N2O3. The van der Waals surface area contributed by atoms with Crippen molar-refractivity contribution >= 4 is 5.91 Å². The molecule has 0 aliphatic carbocycles. The first-order valence-corrected chi connectivity index (χ1v) is 7.11. The lowest BCUT2D eigenvalue weighted by Crippen LogP contribution is -2.49. The molecule has 0 fully saturated rings. The maximum absolute atomic E-state index is 11.4. The molecule has 2 aromatic rings. The van der Waals surface area contributed by atoms with Crippen LogP contribution in [0.15, 0.2) is 54.6 Å². The lowest BCUT2D eigenvalue weighted by atomic mass is 10.0. The molecule has 116 valence electrons. The van der Waals surface area contributed by atoms with Crippen molar-refractivity contribution in [2.45, 2.75) is 25.6 Å². The first-order chi connectivity index (χ1) is 10.6. The van der Waals surface area contributed by atoms with Gasteiger partial charge in [-0.3, -0.25) is 15.3 Å². The summed E-state index contributed by atoms with van der Waals surface area (Å²) in [6.45, 7) is 1.91. The van der Waals surface area contributed by atoms with E-state index in [1.807, 2.05) is 54.6 Å². The Morgan fingerprint density at radius 1 is 1.05 bits per heavy atom. The second kappa shape index (κ2) is 7.70. The van der Waals surface area contributed by atoms with E-state index in [1.165, 1.54) is 6.92 Å². The van der Waals surface area contributed by atoms with Gasteiger partial charge in [0.15, 0.2) is 0 Å². The standard InChI is InChI=1S/C17H20N2O3/c1-12(20)16(17(21)19-22)18-11-13-7-9-15(10-8-13)14-5-3-2-4-6-14/h2-10,12,16,18,20,22H,11H2,1H3,(H,19,21)/t12-,16-/m1/s1. The number of benzene rings is 2. The molecule has 0 bridgehead atoms. The average Bonchev–Trinajstić information content (AvgIpc) is 2.56. The van der Waals surface area contributed by atoms with Crippen molar-refractivity contribution in [3.8, 4) is 11.1 Å². The van der Waals surface area contributed by atoms with Gasteiger partial charge >= 0.3 is 0 Å². The number of amides is 1. The molecule has 5 nitrogen and oxygen atoms in total. The summed E-state index contributed by atoms with van der Waals surface area (Å²) in [5, 5.41) is 21.1. The molecule has 2 atom stereocenters. The van der Waals surface area contributed by atoms with Gasteiger partial charge in [0.05, 0.1) is 6.10 Å². The van der Waals surface area contributed by atoms with E-state index in [0.717, 1.165) is 16.7 Å². The van der Waals surface area contributed by atoms with Crippen LogP contribution in [0.3, 0.4) is 0 Å². The summed E-state index contributed by atoms with van der Waals surface area (Å²) in [5.74, 6) is -0.657. The number of rotatable bonds is 6. The third-order valence-corrected chi connectivity index (χ3v) is 3.46. The van der Waals surface area contributed by atoms with Crippen LogP contribution in [0.1, 0.15) is 12.5 Å². The molecule has 0 saturated carbocycles. The number of hydroxylamine groups is 1. The predicted octanol–water partition coefficient (Wildman–Crippen LogP) is 1.70. The van der Waals surface area contributed by atoms with Crippen LogP contribution in [0.2, 0.25) is 0 Å². The van der Waals surface area contributed by atoms with Crippen LogP contribution in [0.4, 0.5) is 0 Å². The molecule has 0 aliphatic rings. The molecule has 0 spiro atoms. The summed E-state index contributed by atoms with van der Waals surface area (Å²) in [6.07, 6.45) is -0.907. The minimum absolute atomic E-state index is 0.415. The van der Waals surface area contributed by atoms with E-state index in [9.17, 15) is 9.90 Å². The molecule has 0 heterocycles. The summed E-state index contributed by atoms with van der Waals surface area (Å²) in [7, 11) is 0. The number of aliphatic hydroxyl groups is 1. The highest BCUT2D eigenvalue weighted by Crippen LogP contribution is 2.19. The van der Waals surface area contributed by atoms with Crippen LogP contribution in [-0.2, 0) is 11.3 Å². The number of aliphatic hydroxyl groups excluding tert-OH is 1. The van der Waals surface area contributed by atoms with E-state index in [1.54, 1.807) is 5.48 Å². The monoisotopic (exact) mass is 300 g/mol. The highest BCUT2D eigenvalue weighted by Gasteiger charge is 2.22. The SMILES string of the molecule is C[C@@H](O)[C@@H](NCc1ccc(-c2ccccc2)cc1)C(=O)NO. The molecule has 2 aromatic carbocycles. The fourth-order valence-electron chi connectivity index (χ4n) is 2.23. The van der Waals surface area contributed by atoms with Crippen molar-refractivity contribution in [2.24, 2.45) is 0 Å². The Labute approximate surface area is 129 Å². The smallest absolute Gasteiger partial charge is 0.263 e. The Morgan fingerprint density at radius 2 is 1.64 bits per heavy atom. The summed E-state index contributed by atoms with van der Waals surface area (Å²) in [5.41, 5.74) is 4.79. The van der Waals surface area contributed by atoms with Crippen LogP contribution < -0.4 is 10.8 Å². The summed E-state index contributed by atoms with van der Waals surface area (Å²) >= 11 is 0. The van der Waals surface area contributed by atoms with Gasteiger partial charge in [0.1, 0.15) is 6.04 Å². The molecule has 22 heavy (non-hydrogen) atoms. The van der Waals surface area contributed by atoms with Crippen molar-refractivity contribution in [3.63, 3.8) is 0 Å². The highest BCUT2D eigenvalue weighted by molar-refractivity contribution is 5.81. The fraction of sp³-hybridized carbons (Fsp3) is 0.235. The maximum Gasteiger partial charge on any atom is 0.263 e. The summed E-state index contributed by atoms with van der Waals surface area (Å²) < 4.78 is 0. The number of hydrogen-bond acceptors (Lipinski definition) is 4. The third-order valence-electron chi connectivity index (χ3n) is 3.46. The van der Waals surface area contributed by atoms with Crippen molar-refractivity contribution in [1.82, 2.24) is 10.8 Å². The molecular weight excluding hydrogens is 280 g/mol. The van der Waals surface area contributed by atoms with Crippen LogP contribution in [0.5, 0.6) is 0 Å². The normalized spacial score (nSPS) is 13.4. The molecule has 1 amide bonds. The quantitative estimate of drug-likeness (QED) is 0.483. The molecule has 2 rings (SSSR count). The van der Waals surface area contributed by atoms with Gasteiger partial charge in [-0.2, -0.15) is 0 Å². The van der Waals surface area contributed by atoms with Gasteiger partial charge in [0.2, 0.25) is 0 Å². The van der Waals surface area contributed by atoms with Crippen LogP contribution in [0, 0.1) is 0 Å². The van der Waals surface area contributed by atoms with E-state index >= 15 is 0 Å². The van der Waals surface area contributed by atoms with E-state index < -0.39 is 18.1 Å². The minimum Gasteiger partial charge on any atom is -0.391 e. The van der Waals surface area contributed by atoms with Crippen LogP contribution in [0.25, 0.3) is 11.1 Å². The summed E-state index contributed by atoms with van der Waals surface area (Å²) in [6, 6.07) is 17.1. The molecule has 0 aliphatic heterocycles. The third kappa shape index (κ3) is 4.14. The Hall–Kier alpha value is -2.21. The highest BCUT2D eigenvalue weighted by atomic mass is 16.5. The van der Waals surface area contributed by atoms with Gasteiger partial charge in [-0.1, -0.05) is 54.6 Å². The first-order valence-electron chi connectivity index (χ1n) is 7.11. The Kier molecular flexibility index (Phi) is 5.66. The molecule has 4 N–H and O–H groups in total. The molecule has 0 aromatic heterocycles. The second-order valence-corrected chi connectivity index (χ2v) is 5.14. The molecule has 0 radical (unpaired) electrons. The predicted molar refractivity (Wildman–Crippen MR) is 84.1 cm³/mol. The lowest BCUT2D eigenvalue weighted by Gasteiger charge is -2.19. The van der Waals surface area contributed by atoms with Gasteiger partial charge in [-0.25, -0.2) is 5.48 Å². The van der Waals surface area contributed by atoms with E-state index in [-0.39, 0.29) is 0 Å². The van der Waals surface area contributed by atoms with E-state index in [0.29, 0.717) is 6.54 Å². The number of carbonyl (C=O) groups is 1. The zero-order valence-corrected chi connectivity index (χ0v) is 12.4. The van der Waals surface area contributed by atoms with Crippen molar-refractivity contribution in [3.05, 3.63) is 60.2 Å². The Bertz CT molecular complexity index is 597. The fourth-order valence-corrected chi connectivity index (χ4v) is 2.23. The second-order valence-electron chi connectivity index (χ2n) is 5.14. The van der Waals surface area contributed by atoms with Gasteiger partial charge in [0.25, 0.3) is 5.91 Å². The van der Waals surface area contributed by atoms with Crippen LogP contribution in [-0.4, -0.2) is 28.4 Å². The summed E-state index contributed by atoms with van der Waals surface area (Å²) in [4.78, 5) is 11.4. The average molecular weight is 300 g/mol. The maximum atomic E-state index is 11.4. The molecule has 5 heteroatoms. The zero-order chi connectivity index (χ0) is 15.9. The zero-order valence-electron chi connectivity index (χ0n) is 12.4. The Balaban J connectivity index is 2.01. The molecule has 0 unspecified atom stereocenters. The largest absolute Gasteiger partial charge is 0.391 e. The van der Waals surface area contributed by atoms with Gasteiger partial charge in [-0.15, -0.1) is 0 Å². The van der Waals surface area contributed by atoms with Gasteiger partial charge < -0.3 is 5.11 Å². The minimum atomic E-state index is -0.907. The first kappa shape index (κ1) is 16.2. The van der Waals surface area contributed by atoms with E-state index in [4.69, 9.17) is 5.21 Å². The lowest BCUT2D eigenvalue weighted by molar-refractivity contribution is -0.133. The van der Waals surface area contributed by atoms with Crippen LogP contribution >= 0.6 is 0 Å².